The predicted octanol–water partition coefficient (Wildman–Crippen LogP) is 1.99. The average Bonchev–Trinajstić information content (AvgIpc) is 2.84. The summed E-state index contributed by atoms with van der Waals surface area (Å²) in [6.45, 7) is 8.76. The molecule has 2 aliphatic rings. The number of carboxylic acids is 1. The molecule has 4 heteroatoms. The lowest BCUT2D eigenvalue weighted by atomic mass is 9.94. The monoisotopic (exact) mass is 253 g/mol. The maximum atomic E-state index is 12.5. The summed E-state index contributed by atoms with van der Waals surface area (Å²) in [5.74, 6) is -1.10. The highest BCUT2D eigenvalue weighted by Gasteiger charge is 2.66. The third kappa shape index (κ3) is 2.02. The number of carbonyl (C=O) groups excluding carboxylic acids is 1. The number of nitrogens with zero attached hydrogens (tertiary/aromatic N) is 1. The van der Waals surface area contributed by atoms with Gasteiger partial charge in [-0.25, -0.2) is 0 Å². The van der Waals surface area contributed by atoms with Crippen molar-refractivity contribution in [3.05, 3.63) is 0 Å². The smallest absolute Gasteiger partial charge is 0.307 e. The van der Waals surface area contributed by atoms with Gasteiger partial charge in [0.2, 0.25) is 5.91 Å². The Kier molecular flexibility index (Phi) is 3.16. The van der Waals surface area contributed by atoms with Gasteiger partial charge in [0.25, 0.3) is 0 Å². The van der Waals surface area contributed by atoms with E-state index in [4.69, 9.17) is 5.11 Å². The Bertz CT molecular complexity index is 377. The molecule has 0 bridgehead atoms. The van der Waals surface area contributed by atoms with E-state index in [2.05, 4.69) is 13.8 Å². The van der Waals surface area contributed by atoms with Gasteiger partial charge >= 0.3 is 5.97 Å². The lowest BCUT2D eigenvalue weighted by Crippen LogP contribution is -2.46. The van der Waals surface area contributed by atoms with E-state index in [1.54, 1.807) is 0 Å². The fraction of sp³-hybridized carbons (Fsp3) is 0.857. The van der Waals surface area contributed by atoms with E-state index in [0.29, 0.717) is 5.92 Å². The van der Waals surface area contributed by atoms with E-state index in [0.717, 1.165) is 19.4 Å². The Morgan fingerprint density at radius 2 is 1.78 bits per heavy atom. The Labute approximate surface area is 108 Å². The summed E-state index contributed by atoms with van der Waals surface area (Å²) in [7, 11) is 0. The van der Waals surface area contributed by atoms with E-state index < -0.39 is 11.9 Å². The first kappa shape index (κ1) is 13.4. The van der Waals surface area contributed by atoms with Gasteiger partial charge in [-0.05, 0) is 31.1 Å². The molecule has 4 nitrogen and oxygen atoms in total. The summed E-state index contributed by atoms with van der Waals surface area (Å²) in [4.78, 5) is 25.6. The number of aliphatic carboxylic acids is 1. The Morgan fingerprint density at radius 3 is 2.28 bits per heavy atom. The molecule has 0 radical (unpaired) electrons. The number of carbonyl (C=O) groups is 2. The molecule has 102 valence electrons. The lowest BCUT2D eigenvalue weighted by molar-refractivity contribution is -0.143. The van der Waals surface area contributed by atoms with Gasteiger partial charge in [-0.2, -0.15) is 0 Å². The maximum absolute atomic E-state index is 12.5. The summed E-state index contributed by atoms with van der Waals surface area (Å²) in [6.07, 6.45) is 2.18. The lowest BCUT2D eigenvalue weighted by Gasteiger charge is -2.37. The van der Waals surface area contributed by atoms with Crippen molar-refractivity contribution >= 4 is 11.9 Å². The van der Waals surface area contributed by atoms with Crippen molar-refractivity contribution in [1.82, 2.24) is 4.90 Å². The molecule has 1 saturated carbocycles. The van der Waals surface area contributed by atoms with Gasteiger partial charge in [0.05, 0.1) is 11.8 Å². The molecule has 1 heterocycles. The molecule has 0 aromatic rings. The van der Waals surface area contributed by atoms with E-state index in [-0.39, 0.29) is 23.3 Å². The van der Waals surface area contributed by atoms with Gasteiger partial charge in [0, 0.05) is 12.6 Å². The summed E-state index contributed by atoms with van der Waals surface area (Å²) in [5.41, 5.74) is -0.386. The van der Waals surface area contributed by atoms with Crippen LogP contribution in [-0.4, -0.2) is 34.5 Å². The third-order valence-electron chi connectivity index (χ3n) is 4.76. The summed E-state index contributed by atoms with van der Waals surface area (Å²) in [5, 5.41) is 9.15. The van der Waals surface area contributed by atoms with Gasteiger partial charge in [-0.15, -0.1) is 0 Å². The largest absolute Gasteiger partial charge is 0.481 e. The van der Waals surface area contributed by atoms with Crippen molar-refractivity contribution in [2.24, 2.45) is 23.2 Å². The van der Waals surface area contributed by atoms with Crippen LogP contribution in [-0.2, 0) is 9.59 Å². The van der Waals surface area contributed by atoms with Crippen molar-refractivity contribution in [3.8, 4) is 0 Å². The Morgan fingerprint density at radius 1 is 1.17 bits per heavy atom. The van der Waals surface area contributed by atoms with Crippen LogP contribution in [0.2, 0.25) is 0 Å². The first-order chi connectivity index (χ1) is 8.26. The Hall–Kier alpha value is -1.06. The molecule has 0 aromatic heterocycles. The minimum absolute atomic E-state index is 0.0476. The number of likely N-dealkylation sites (tertiary alicyclic amines) is 1. The summed E-state index contributed by atoms with van der Waals surface area (Å²) < 4.78 is 0. The molecular weight excluding hydrogens is 230 g/mol. The van der Waals surface area contributed by atoms with Gasteiger partial charge in [-0.1, -0.05) is 20.8 Å². The van der Waals surface area contributed by atoms with Crippen molar-refractivity contribution in [3.63, 3.8) is 0 Å². The van der Waals surface area contributed by atoms with Crippen molar-refractivity contribution in [2.45, 2.75) is 46.6 Å². The molecule has 1 aliphatic heterocycles. The average molecular weight is 253 g/mol. The highest BCUT2D eigenvalue weighted by molar-refractivity contribution is 5.91. The standard InChI is InChI=1S/C14H23NO3/c1-8-5-6-9(2)15(7-8)12(16)10-11(13(17)18)14(10,3)4/h8-11H,5-7H2,1-4H3,(H,17,18)/t8?,9?,10-,11+/m1/s1. The second-order valence-corrected chi connectivity index (χ2v) is 6.64. The zero-order valence-corrected chi connectivity index (χ0v) is 11.6. The maximum Gasteiger partial charge on any atom is 0.307 e. The second kappa shape index (κ2) is 4.25. The van der Waals surface area contributed by atoms with Gasteiger partial charge < -0.3 is 10.0 Å². The number of piperidine rings is 1. The van der Waals surface area contributed by atoms with Crippen LogP contribution in [0, 0.1) is 23.2 Å². The van der Waals surface area contributed by atoms with Crippen LogP contribution in [0.3, 0.4) is 0 Å². The van der Waals surface area contributed by atoms with Crippen LogP contribution in [0.1, 0.15) is 40.5 Å². The number of hydrogen-bond donors (Lipinski definition) is 1. The van der Waals surface area contributed by atoms with Crippen LogP contribution in [0.4, 0.5) is 0 Å². The SMILES string of the molecule is CC1CCC(C)N(C(=O)[C@H]2[C@@H](C(=O)O)C2(C)C)C1. The minimum Gasteiger partial charge on any atom is -0.481 e. The van der Waals surface area contributed by atoms with Crippen molar-refractivity contribution < 1.29 is 14.7 Å². The highest BCUT2D eigenvalue weighted by atomic mass is 16.4. The van der Waals surface area contributed by atoms with Crippen LogP contribution in [0.25, 0.3) is 0 Å². The van der Waals surface area contributed by atoms with Crippen LogP contribution >= 0.6 is 0 Å². The predicted molar refractivity (Wildman–Crippen MR) is 68.0 cm³/mol. The third-order valence-corrected chi connectivity index (χ3v) is 4.76. The number of carboxylic acid groups (broad SMARTS) is 1. The zero-order chi connectivity index (χ0) is 13.7. The first-order valence-electron chi connectivity index (χ1n) is 6.80. The molecule has 0 spiro atoms. The quantitative estimate of drug-likeness (QED) is 0.818. The molecule has 2 fully saturated rings. The normalized spacial score (nSPS) is 38.3. The minimum atomic E-state index is -0.837. The van der Waals surface area contributed by atoms with E-state index >= 15 is 0 Å². The number of hydrogen-bond acceptors (Lipinski definition) is 2. The van der Waals surface area contributed by atoms with E-state index in [9.17, 15) is 9.59 Å². The molecule has 2 unspecified atom stereocenters. The van der Waals surface area contributed by atoms with Crippen molar-refractivity contribution in [2.75, 3.05) is 6.54 Å². The van der Waals surface area contributed by atoms with Gasteiger partial charge in [0.1, 0.15) is 0 Å². The molecule has 1 aliphatic carbocycles. The molecule has 1 N–H and O–H groups in total. The van der Waals surface area contributed by atoms with Crippen LogP contribution in [0.15, 0.2) is 0 Å². The molecule has 4 atom stereocenters. The van der Waals surface area contributed by atoms with Crippen LogP contribution in [0.5, 0.6) is 0 Å². The fourth-order valence-corrected chi connectivity index (χ4v) is 3.33. The molecule has 1 amide bonds. The molecule has 18 heavy (non-hydrogen) atoms. The van der Waals surface area contributed by atoms with Crippen molar-refractivity contribution in [1.29, 1.82) is 0 Å². The molecule has 0 aromatic carbocycles. The fourth-order valence-electron chi connectivity index (χ4n) is 3.33. The van der Waals surface area contributed by atoms with E-state index in [1.807, 2.05) is 18.7 Å². The Balaban J connectivity index is 2.10. The zero-order valence-electron chi connectivity index (χ0n) is 11.6. The topological polar surface area (TPSA) is 57.6 Å². The van der Waals surface area contributed by atoms with Gasteiger partial charge in [0.15, 0.2) is 0 Å². The number of amides is 1. The summed E-state index contributed by atoms with van der Waals surface area (Å²) in [6, 6.07) is 0.250. The molecule has 2 rings (SSSR count). The summed E-state index contributed by atoms with van der Waals surface area (Å²) >= 11 is 0. The number of rotatable bonds is 2. The van der Waals surface area contributed by atoms with Gasteiger partial charge in [-0.3, -0.25) is 9.59 Å². The highest BCUT2D eigenvalue weighted by Crippen LogP contribution is 2.59. The second-order valence-electron chi connectivity index (χ2n) is 6.64. The first-order valence-corrected chi connectivity index (χ1v) is 6.80. The van der Waals surface area contributed by atoms with E-state index in [1.165, 1.54) is 0 Å². The molecule has 1 saturated heterocycles. The van der Waals surface area contributed by atoms with Crippen LogP contribution < -0.4 is 0 Å². The molecular formula is C14H23NO3.